The molecule has 0 radical (unpaired) electrons. The van der Waals surface area contributed by atoms with Gasteiger partial charge in [0.2, 0.25) is 5.91 Å². The number of nitrogens with one attached hydrogen (secondary N) is 1. The van der Waals surface area contributed by atoms with Gasteiger partial charge in [0, 0.05) is 23.5 Å². The number of nitrogens with zero attached hydrogens (tertiary/aromatic N) is 4. The summed E-state index contributed by atoms with van der Waals surface area (Å²) in [5.74, 6) is 1.43. The first-order chi connectivity index (χ1) is 15.1. The molecule has 3 aromatic rings. The molecule has 1 saturated carbocycles. The van der Waals surface area contributed by atoms with E-state index < -0.39 is 5.82 Å². The van der Waals surface area contributed by atoms with E-state index in [-0.39, 0.29) is 11.9 Å². The summed E-state index contributed by atoms with van der Waals surface area (Å²) in [6.07, 6.45) is 8.33. The molecule has 1 aromatic carbocycles. The Morgan fingerprint density at radius 1 is 1.06 bits per heavy atom. The van der Waals surface area contributed by atoms with Crippen LogP contribution in [0.4, 0.5) is 15.9 Å². The molecule has 1 aliphatic carbocycles. The van der Waals surface area contributed by atoms with Gasteiger partial charge < -0.3 is 10.2 Å². The second kappa shape index (κ2) is 8.06. The standard InChI is InChI=1S/C24H24FN5O/c1-15-5-8-18(12-19(15)23-27-13-17(25)14-28-23)29-24(31)21-10-9-20(16-6-7-16)30(21)22-4-2-3-11-26-22/h2-5,8,11-14,16,20-21H,6-7,9-10H2,1H3,(H,29,31). The second-order valence-electron chi connectivity index (χ2n) is 8.34. The second-order valence-corrected chi connectivity index (χ2v) is 8.34. The average Bonchev–Trinajstić information content (AvgIpc) is 3.54. The summed E-state index contributed by atoms with van der Waals surface area (Å²) in [5.41, 5.74) is 2.39. The normalized spacial score (nSPS) is 20.6. The lowest BCUT2D eigenvalue weighted by molar-refractivity contribution is -0.117. The Labute approximate surface area is 180 Å². The molecule has 3 heterocycles. The van der Waals surface area contributed by atoms with Gasteiger partial charge in [0.1, 0.15) is 11.9 Å². The molecule has 1 aliphatic heterocycles. The monoisotopic (exact) mass is 417 g/mol. The molecule has 1 amide bonds. The first-order valence-electron chi connectivity index (χ1n) is 10.7. The van der Waals surface area contributed by atoms with Crippen molar-refractivity contribution < 1.29 is 9.18 Å². The maximum absolute atomic E-state index is 13.3. The first kappa shape index (κ1) is 19.6. The summed E-state index contributed by atoms with van der Waals surface area (Å²) < 4.78 is 13.2. The Morgan fingerprint density at radius 3 is 2.58 bits per heavy atom. The number of hydrogen-bond acceptors (Lipinski definition) is 5. The van der Waals surface area contributed by atoms with Crippen LogP contribution in [0, 0.1) is 18.7 Å². The van der Waals surface area contributed by atoms with Crippen molar-refractivity contribution >= 4 is 17.4 Å². The SMILES string of the molecule is Cc1ccc(NC(=O)C2CCC(C3CC3)N2c2ccccn2)cc1-c1ncc(F)cn1. The number of carbonyl (C=O) groups excluding carboxylic acids is 1. The minimum atomic E-state index is -0.480. The van der Waals surface area contributed by atoms with E-state index in [4.69, 9.17) is 0 Å². The van der Waals surface area contributed by atoms with Crippen LogP contribution in [0.5, 0.6) is 0 Å². The number of benzene rings is 1. The summed E-state index contributed by atoms with van der Waals surface area (Å²) in [4.78, 5) is 28.2. The lowest BCUT2D eigenvalue weighted by Crippen LogP contribution is -2.44. The van der Waals surface area contributed by atoms with Crippen molar-refractivity contribution in [3.05, 3.63) is 66.4 Å². The van der Waals surface area contributed by atoms with Gasteiger partial charge in [-0.1, -0.05) is 12.1 Å². The molecule has 2 fully saturated rings. The van der Waals surface area contributed by atoms with E-state index in [1.807, 2.05) is 43.3 Å². The third kappa shape index (κ3) is 4.00. The molecule has 2 aromatic heterocycles. The Kier molecular flexibility index (Phi) is 5.10. The van der Waals surface area contributed by atoms with Crippen molar-refractivity contribution in [1.82, 2.24) is 15.0 Å². The van der Waals surface area contributed by atoms with E-state index in [1.54, 1.807) is 6.20 Å². The highest BCUT2D eigenvalue weighted by Gasteiger charge is 2.45. The lowest BCUT2D eigenvalue weighted by atomic mass is 10.1. The number of pyridine rings is 1. The van der Waals surface area contributed by atoms with Crippen molar-refractivity contribution in [3.8, 4) is 11.4 Å². The minimum absolute atomic E-state index is 0.0383. The average molecular weight is 417 g/mol. The van der Waals surface area contributed by atoms with Gasteiger partial charge in [0.15, 0.2) is 11.6 Å². The number of carbonyl (C=O) groups is 1. The molecule has 2 aliphatic rings. The molecule has 158 valence electrons. The Hall–Kier alpha value is -3.35. The zero-order chi connectivity index (χ0) is 21.4. The lowest BCUT2D eigenvalue weighted by Gasteiger charge is -2.31. The number of amides is 1. The topological polar surface area (TPSA) is 71.0 Å². The van der Waals surface area contributed by atoms with E-state index in [1.165, 1.54) is 12.8 Å². The van der Waals surface area contributed by atoms with Gasteiger partial charge in [-0.2, -0.15) is 0 Å². The minimum Gasteiger partial charge on any atom is -0.341 e. The van der Waals surface area contributed by atoms with Crippen LogP contribution in [0.3, 0.4) is 0 Å². The number of rotatable bonds is 5. The van der Waals surface area contributed by atoms with Crippen molar-refractivity contribution in [1.29, 1.82) is 0 Å². The molecule has 7 heteroatoms. The third-order valence-corrected chi connectivity index (χ3v) is 6.18. The van der Waals surface area contributed by atoms with Crippen molar-refractivity contribution in [2.45, 2.75) is 44.7 Å². The van der Waals surface area contributed by atoms with E-state index in [2.05, 4.69) is 25.2 Å². The van der Waals surface area contributed by atoms with E-state index in [0.717, 1.165) is 42.2 Å². The number of hydrogen-bond donors (Lipinski definition) is 1. The zero-order valence-corrected chi connectivity index (χ0v) is 17.3. The number of halogens is 1. The molecule has 2 atom stereocenters. The maximum Gasteiger partial charge on any atom is 0.247 e. The molecule has 5 rings (SSSR count). The predicted molar refractivity (Wildman–Crippen MR) is 117 cm³/mol. The van der Waals surface area contributed by atoms with Crippen LogP contribution in [0.25, 0.3) is 11.4 Å². The van der Waals surface area contributed by atoms with Crippen LogP contribution in [-0.4, -0.2) is 32.9 Å². The molecule has 2 unspecified atom stereocenters. The van der Waals surface area contributed by atoms with Crippen molar-refractivity contribution in [2.75, 3.05) is 10.2 Å². The van der Waals surface area contributed by atoms with Gasteiger partial charge >= 0.3 is 0 Å². The predicted octanol–water partition coefficient (Wildman–Crippen LogP) is 4.37. The fourth-order valence-electron chi connectivity index (χ4n) is 4.49. The number of aromatic nitrogens is 3. The van der Waals surface area contributed by atoms with Gasteiger partial charge in [-0.3, -0.25) is 4.79 Å². The molecule has 0 bridgehead atoms. The summed E-state index contributed by atoms with van der Waals surface area (Å²) in [5, 5.41) is 3.07. The molecule has 6 nitrogen and oxygen atoms in total. The highest BCUT2D eigenvalue weighted by molar-refractivity contribution is 5.97. The fourth-order valence-corrected chi connectivity index (χ4v) is 4.49. The summed E-state index contributed by atoms with van der Waals surface area (Å²) >= 11 is 0. The summed E-state index contributed by atoms with van der Waals surface area (Å²) in [6, 6.07) is 11.6. The number of aryl methyl sites for hydroxylation is 1. The van der Waals surface area contributed by atoms with Crippen LogP contribution >= 0.6 is 0 Å². The van der Waals surface area contributed by atoms with Gasteiger partial charge in [-0.05, 0) is 68.4 Å². The molecule has 1 N–H and O–H groups in total. The summed E-state index contributed by atoms with van der Waals surface area (Å²) in [6.45, 7) is 1.94. The molecular weight excluding hydrogens is 393 g/mol. The fraction of sp³-hybridized carbons (Fsp3) is 0.333. The smallest absolute Gasteiger partial charge is 0.247 e. The Bertz CT molecular complexity index is 1080. The molecular formula is C24H24FN5O. The van der Waals surface area contributed by atoms with Gasteiger partial charge in [0.05, 0.1) is 12.4 Å². The van der Waals surface area contributed by atoms with Gasteiger partial charge in [-0.25, -0.2) is 19.3 Å². The van der Waals surface area contributed by atoms with Crippen LogP contribution < -0.4 is 10.2 Å². The molecule has 1 saturated heterocycles. The Morgan fingerprint density at radius 2 is 1.87 bits per heavy atom. The van der Waals surface area contributed by atoms with Crippen LogP contribution in [0.2, 0.25) is 0 Å². The van der Waals surface area contributed by atoms with Crippen LogP contribution in [-0.2, 0) is 4.79 Å². The quantitative estimate of drug-likeness (QED) is 0.667. The van der Waals surface area contributed by atoms with Gasteiger partial charge in [0.25, 0.3) is 0 Å². The molecule has 0 spiro atoms. The highest BCUT2D eigenvalue weighted by Crippen LogP contribution is 2.43. The number of anilines is 2. The van der Waals surface area contributed by atoms with Crippen LogP contribution in [0.1, 0.15) is 31.2 Å². The van der Waals surface area contributed by atoms with Crippen molar-refractivity contribution in [2.24, 2.45) is 5.92 Å². The third-order valence-electron chi connectivity index (χ3n) is 6.18. The first-order valence-corrected chi connectivity index (χ1v) is 10.7. The van der Waals surface area contributed by atoms with Crippen molar-refractivity contribution in [3.63, 3.8) is 0 Å². The van der Waals surface area contributed by atoms with E-state index in [0.29, 0.717) is 23.5 Å². The van der Waals surface area contributed by atoms with Crippen LogP contribution in [0.15, 0.2) is 55.0 Å². The highest BCUT2D eigenvalue weighted by atomic mass is 19.1. The van der Waals surface area contributed by atoms with E-state index >= 15 is 0 Å². The van der Waals surface area contributed by atoms with Gasteiger partial charge in [-0.15, -0.1) is 0 Å². The largest absolute Gasteiger partial charge is 0.341 e. The molecule has 31 heavy (non-hydrogen) atoms. The van der Waals surface area contributed by atoms with E-state index in [9.17, 15) is 9.18 Å². The summed E-state index contributed by atoms with van der Waals surface area (Å²) in [7, 11) is 0. The zero-order valence-electron chi connectivity index (χ0n) is 17.3. The maximum atomic E-state index is 13.3. The Balaban J connectivity index is 1.39.